The molecular formula is C13H20N2O3S. The number of amides is 1. The molecular weight excluding hydrogens is 264 g/mol. The lowest BCUT2D eigenvalue weighted by Crippen LogP contribution is -2.22. The van der Waals surface area contributed by atoms with E-state index in [2.05, 4.69) is 5.32 Å². The molecule has 0 aliphatic rings. The zero-order valence-corrected chi connectivity index (χ0v) is 11.9. The number of hydrogen-bond donors (Lipinski definition) is 2. The lowest BCUT2D eigenvalue weighted by atomic mass is 10.2. The molecule has 19 heavy (non-hydrogen) atoms. The first-order chi connectivity index (χ1) is 8.93. The summed E-state index contributed by atoms with van der Waals surface area (Å²) in [5, 5.41) is 2.79. The van der Waals surface area contributed by atoms with E-state index in [-0.39, 0.29) is 10.8 Å². The van der Waals surface area contributed by atoms with Gasteiger partial charge in [-0.2, -0.15) is 0 Å². The average Bonchev–Trinajstić information content (AvgIpc) is 2.36. The Balaban J connectivity index is 2.44. The average molecular weight is 284 g/mol. The summed E-state index contributed by atoms with van der Waals surface area (Å²) in [4.78, 5) is 11.8. The standard InChI is InChI=1S/C13H20N2O3S/c1-19(17,18)12-7-5-11(6-8-12)10-15-13(16)4-2-3-9-14/h5-8H,2-4,9-10,14H2,1H3,(H,15,16). The first-order valence-corrected chi connectivity index (χ1v) is 8.08. The molecule has 0 bridgehead atoms. The van der Waals surface area contributed by atoms with Gasteiger partial charge in [0.15, 0.2) is 9.84 Å². The van der Waals surface area contributed by atoms with Gasteiger partial charge in [-0.25, -0.2) is 8.42 Å². The largest absolute Gasteiger partial charge is 0.352 e. The van der Waals surface area contributed by atoms with Crippen molar-refractivity contribution in [2.24, 2.45) is 5.73 Å². The molecule has 0 unspecified atom stereocenters. The Hall–Kier alpha value is -1.40. The highest BCUT2D eigenvalue weighted by atomic mass is 32.2. The van der Waals surface area contributed by atoms with Gasteiger partial charge >= 0.3 is 0 Å². The van der Waals surface area contributed by atoms with E-state index in [9.17, 15) is 13.2 Å². The Bertz CT molecular complexity index is 509. The fourth-order valence-corrected chi connectivity index (χ4v) is 2.20. The molecule has 0 aromatic heterocycles. The lowest BCUT2D eigenvalue weighted by molar-refractivity contribution is -0.121. The number of rotatable bonds is 7. The summed E-state index contributed by atoms with van der Waals surface area (Å²) in [7, 11) is -3.16. The van der Waals surface area contributed by atoms with Crippen molar-refractivity contribution >= 4 is 15.7 Å². The Morgan fingerprint density at radius 3 is 2.37 bits per heavy atom. The summed E-state index contributed by atoms with van der Waals surface area (Å²) in [6.07, 6.45) is 3.27. The topological polar surface area (TPSA) is 89.3 Å². The van der Waals surface area contributed by atoms with Crippen LogP contribution in [0, 0.1) is 0 Å². The van der Waals surface area contributed by atoms with E-state index in [1.807, 2.05) is 0 Å². The van der Waals surface area contributed by atoms with Crippen LogP contribution in [0.5, 0.6) is 0 Å². The van der Waals surface area contributed by atoms with Gasteiger partial charge < -0.3 is 11.1 Å². The maximum Gasteiger partial charge on any atom is 0.220 e. The number of benzene rings is 1. The summed E-state index contributed by atoms with van der Waals surface area (Å²) in [5.74, 6) is -0.0133. The molecule has 3 N–H and O–H groups in total. The second-order valence-corrected chi connectivity index (χ2v) is 6.45. The second-order valence-electron chi connectivity index (χ2n) is 4.44. The van der Waals surface area contributed by atoms with Crippen LogP contribution < -0.4 is 11.1 Å². The Morgan fingerprint density at radius 2 is 1.84 bits per heavy atom. The maximum atomic E-state index is 11.5. The SMILES string of the molecule is CS(=O)(=O)c1ccc(CNC(=O)CCCCN)cc1. The molecule has 0 aliphatic heterocycles. The van der Waals surface area contributed by atoms with Crippen LogP contribution in [-0.4, -0.2) is 27.1 Å². The highest BCUT2D eigenvalue weighted by Crippen LogP contribution is 2.10. The maximum absolute atomic E-state index is 11.5. The Kier molecular flexibility index (Phi) is 5.98. The van der Waals surface area contributed by atoms with Gasteiger partial charge in [-0.15, -0.1) is 0 Å². The third kappa shape index (κ3) is 5.85. The van der Waals surface area contributed by atoms with Crippen molar-refractivity contribution in [3.8, 4) is 0 Å². The highest BCUT2D eigenvalue weighted by Gasteiger charge is 2.06. The lowest BCUT2D eigenvalue weighted by Gasteiger charge is -2.06. The van der Waals surface area contributed by atoms with Gasteiger partial charge in [-0.1, -0.05) is 12.1 Å². The molecule has 1 amide bonds. The summed E-state index contributed by atoms with van der Waals surface area (Å²) in [6, 6.07) is 6.50. The number of unbranched alkanes of at least 4 members (excludes halogenated alkanes) is 1. The molecule has 0 saturated carbocycles. The van der Waals surface area contributed by atoms with Crippen LogP contribution in [0.3, 0.4) is 0 Å². The van der Waals surface area contributed by atoms with Crippen LogP contribution >= 0.6 is 0 Å². The van der Waals surface area contributed by atoms with E-state index < -0.39 is 9.84 Å². The number of sulfone groups is 1. The number of hydrogen-bond acceptors (Lipinski definition) is 4. The fraction of sp³-hybridized carbons (Fsp3) is 0.462. The van der Waals surface area contributed by atoms with Crippen LogP contribution in [0.15, 0.2) is 29.2 Å². The van der Waals surface area contributed by atoms with Crippen molar-refractivity contribution in [2.75, 3.05) is 12.8 Å². The quantitative estimate of drug-likeness (QED) is 0.726. The van der Waals surface area contributed by atoms with Crippen molar-refractivity contribution < 1.29 is 13.2 Å². The normalized spacial score (nSPS) is 11.3. The molecule has 106 valence electrons. The van der Waals surface area contributed by atoms with E-state index in [1.165, 1.54) is 6.26 Å². The van der Waals surface area contributed by atoms with Crippen LogP contribution in [-0.2, 0) is 21.2 Å². The predicted molar refractivity (Wildman–Crippen MR) is 74.3 cm³/mol. The number of carbonyl (C=O) groups excluding carboxylic acids is 1. The summed E-state index contributed by atoms with van der Waals surface area (Å²) in [6.45, 7) is 1.01. The number of carbonyl (C=O) groups is 1. The Morgan fingerprint density at radius 1 is 1.21 bits per heavy atom. The van der Waals surface area contributed by atoms with Crippen LogP contribution in [0.25, 0.3) is 0 Å². The van der Waals surface area contributed by atoms with Gasteiger partial charge in [0.1, 0.15) is 0 Å². The zero-order valence-electron chi connectivity index (χ0n) is 11.1. The summed E-state index contributed by atoms with van der Waals surface area (Å²) >= 11 is 0. The molecule has 0 fully saturated rings. The minimum Gasteiger partial charge on any atom is -0.352 e. The van der Waals surface area contributed by atoms with E-state index in [0.717, 1.165) is 18.4 Å². The monoisotopic (exact) mass is 284 g/mol. The molecule has 5 nitrogen and oxygen atoms in total. The van der Waals surface area contributed by atoms with E-state index >= 15 is 0 Å². The van der Waals surface area contributed by atoms with Gasteiger partial charge in [0.2, 0.25) is 5.91 Å². The van der Waals surface area contributed by atoms with Crippen molar-refractivity contribution in [2.45, 2.75) is 30.7 Å². The minimum atomic E-state index is -3.16. The molecule has 1 rings (SSSR count). The first kappa shape index (κ1) is 15.7. The van der Waals surface area contributed by atoms with Gasteiger partial charge in [0.05, 0.1) is 4.90 Å². The third-order valence-corrected chi connectivity index (χ3v) is 3.83. The van der Waals surface area contributed by atoms with Crippen molar-refractivity contribution in [1.82, 2.24) is 5.32 Å². The highest BCUT2D eigenvalue weighted by molar-refractivity contribution is 7.90. The Labute approximate surface area is 114 Å². The minimum absolute atomic E-state index is 0.0133. The molecule has 0 heterocycles. The first-order valence-electron chi connectivity index (χ1n) is 6.19. The number of nitrogens with one attached hydrogen (secondary N) is 1. The van der Waals surface area contributed by atoms with Crippen molar-refractivity contribution in [1.29, 1.82) is 0 Å². The molecule has 1 aromatic rings. The third-order valence-electron chi connectivity index (χ3n) is 2.70. The van der Waals surface area contributed by atoms with E-state index in [1.54, 1.807) is 24.3 Å². The van der Waals surface area contributed by atoms with E-state index in [0.29, 0.717) is 19.5 Å². The molecule has 1 aromatic carbocycles. The van der Waals surface area contributed by atoms with E-state index in [4.69, 9.17) is 5.73 Å². The second kappa shape index (κ2) is 7.25. The van der Waals surface area contributed by atoms with Gasteiger partial charge in [-0.3, -0.25) is 4.79 Å². The smallest absolute Gasteiger partial charge is 0.220 e. The van der Waals surface area contributed by atoms with Crippen LogP contribution in [0.2, 0.25) is 0 Å². The molecule has 6 heteroatoms. The van der Waals surface area contributed by atoms with Gasteiger partial charge in [0.25, 0.3) is 0 Å². The summed E-state index contributed by atoms with van der Waals surface area (Å²) < 4.78 is 22.6. The predicted octanol–water partition coefficient (Wildman–Crippen LogP) is 0.835. The molecule has 0 spiro atoms. The molecule has 0 radical (unpaired) electrons. The van der Waals surface area contributed by atoms with Crippen LogP contribution in [0.1, 0.15) is 24.8 Å². The van der Waals surface area contributed by atoms with Crippen molar-refractivity contribution in [3.63, 3.8) is 0 Å². The summed E-state index contributed by atoms with van der Waals surface area (Å²) in [5.41, 5.74) is 6.22. The zero-order chi connectivity index (χ0) is 14.3. The number of nitrogens with two attached hydrogens (primary N) is 1. The van der Waals surface area contributed by atoms with Crippen molar-refractivity contribution in [3.05, 3.63) is 29.8 Å². The molecule has 0 saturated heterocycles. The fourth-order valence-electron chi connectivity index (χ4n) is 1.57. The van der Waals surface area contributed by atoms with Gasteiger partial charge in [0, 0.05) is 19.2 Å². The molecule has 0 aliphatic carbocycles. The van der Waals surface area contributed by atoms with Crippen LogP contribution in [0.4, 0.5) is 0 Å². The molecule has 0 atom stereocenters. The van der Waals surface area contributed by atoms with Gasteiger partial charge in [-0.05, 0) is 37.1 Å².